The molecule has 2 rings (SSSR count). The maximum Gasteiger partial charge on any atom is 0.270 e. The third-order valence-electron chi connectivity index (χ3n) is 3.40. The zero-order chi connectivity index (χ0) is 15.4. The number of nitrogens with zero attached hydrogens (tertiary/aromatic N) is 2. The van der Waals surface area contributed by atoms with Gasteiger partial charge in [0.05, 0.1) is 10.4 Å². The molecule has 0 amide bonds. The number of benzene rings is 1. The van der Waals surface area contributed by atoms with E-state index in [1.54, 1.807) is 12.1 Å². The van der Waals surface area contributed by atoms with Gasteiger partial charge in [0.15, 0.2) is 0 Å². The molecule has 0 bridgehead atoms. The highest BCUT2D eigenvalue weighted by atomic mass is 16.6. The second-order valence-corrected chi connectivity index (χ2v) is 5.73. The topological polar surface area (TPSA) is 68.1 Å². The van der Waals surface area contributed by atoms with Crippen molar-refractivity contribution >= 4 is 22.3 Å². The van der Waals surface area contributed by atoms with Crippen LogP contribution in [-0.4, -0.2) is 16.5 Å². The highest BCUT2D eigenvalue weighted by Crippen LogP contribution is 2.27. The van der Waals surface area contributed by atoms with E-state index < -0.39 is 0 Å². The van der Waals surface area contributed by atoms with Gasteiger partial charge in [0, 0.05) is 35.4 Å². The summed E-state index contributed by atoms with van der Waals surface area (Å²) in [6.45, 7) is 7.20. The Bertz CT molecular complexity index is 653. The van der Waals surface area contributed by atoms with Crippen LogP contribution in [0.1, 0.15) is 32.4 Å². The lowest BCUT2D eigenvalue weighted by Crippen LogP contribution is -2.04. The van der Waals surface area contributed by atoms with Crippen molar-refractivity contribution in [3.8, 4) is 0 Å². The Morgan fingerprint density at radius 2 is 2.10 bits per heavy atom. The minimum atomic E-state index is -0.373. The summed E-state index contributed by atoms with van der Waals surface area (Å²) in [4.78, 5) is 15.0. The van der Waals surface area contributed by atoms with Crippen LogP contribution in [-0.2, 0) is 0 Å². The van der Waals surface area contributed by atoms with E-state index in [4.69, 9.17) is 0 Å². The van der Waals surface area contributed by atoms with E-state index in [9.17, 15) is 10.1 Å². The summed E-state index contributed by atoms with van der Waals surface area (Å²) in [5.41, 5.74) is 2.71. The number of nitrogens with one attached hydrogen (secondary N) is 1. The number of hydrogen-bond acceptors (Lipinski definition) is 4. The first-order chi connectivity index (χ1) is 9.97. The number of rotatable bonds is 6. The average molecular weight is 287 g/mol. The van der Waals surface area contributed by atoms with Crippen molar-refractivity contribution in [3.05, 3.63) is 40.1 Å². The maximum atomic E-state index is 10.9. The first-order valence-corrected chi connectivity index (χ1v) is 7.27. The van der Waals surface area contributed by atoms with E-state index in [0.29, 0.717) is 5.92 Å². The standard InChI is InChI=1S/C16H21N3O2/c1-11(2)5-4-8-17-16-9-12(3)18-15-7-6-13(19(20)21)10-14(15)16/h6-7,9-11H,4-5,8H2,1-3H3,(H,17,18). The van der Waals surface area contributed by atoms with Gasteiger partial charge >= 0.3 is 0 Å². The smallest absolute Gasteiger partial charge is 0.270 e. The molecule has 0 atom stereocenters. The quantitative estimate of drug-likeness (QED) is 0.488. The molecular formula is C16H21N3O2. The summed E-state index contributed by atoms with van der Waals surface area (Å²) >= 11 is 0. The van der Waals surface area contributed by atoms with Crippen LogP contribution in [0.2, 0.25) is 0 Å². The Labute approximate surface area is 124 Å². The third kappa shape index (κ3) is 3.90. The molecular weight excluding hydrogens is 266 g/mol. The Morgan fingerprint density at radius 3 is 2.76 bits per heavy atom. The van der Waals surface area contributed by atoms with Crippen molar-refractivity contribution in [2.24, 2.45) is 5.92 Å². The molecule has 1 heterocycles. The van der Waals surface area contributed by atoms with Gasteiger partial charge in [0.1, 0.15) is 0 Å². The van der Waals surface area contributed by atoms with E-state index >= 15 is 0 Å². The summed E-state index contributed by atoms with van der Waals surface area (Å²) in [6, 6.07) is 6.74. The second kappa shape index (κ2) is 6.52. The molecule has 2 aromatic rings. The van der Waals surface area contributed by atoms with Crippen LogP contribution < -0.4 is 5.32 Å². The van der Waals surface area contributed by atoms with Gasteiger partial charge in [-0.1, -0.05) is 13.8 Å². The first-order valence-electron chi connectivity index (χ1n) is 7.27. The molecule has 1 aromatic carbocycles. The van der Waals surface area contributed by atoms with Crippen LogP contribution in [0.5, 0.6) is 0 Å². The minimum Gasteiger partial charge on any atom is -0.384 e. The van der Waals surface area contributed by atoms with Crippen LogP contribution in [0.3, 0.4) is 0 Å². The van der Waals surface area contributed by atoms with E-state index in [-0.39, 0.29) is 10.6 Å². The molecule has 0 aliphatic carbocycles. The first kappa shape index (κ1) is 15.2. The molecule has 1 N–H and O–H groups in total. The number of aromatic nitrogens is 1. The lowest BCUT2D eigenvalue weighted by Gasteiger charge is -2.11. The van der Waals surface area contributed by atoms with Crippen LogP contribution in [0.25, 0.3) is 10.9 Å². The predicted octanol–water partition coefficient (Wildman–Crippen LogP) is 4.30. The zero-order valence-corrected chi connectivity index (χ0v) is 12.7. The molecule has 0 saturated carbocycles. The average Bonchev–Trinajstić information content (AvgIpc) is 2.42. The zero-order valence-electron chi connectivity index (χ0n) is 12.7. The summed E-state index contributed by atoms with van der Waals surface area (Å²) in [7, 11) is 0. The minimum absolute atomic E-state index is 0.0957. The molecule has 21 heavy (non-hydrogen) atoms. The van der Waals surface area contributed by atoms with Crippen molar-refractivity contribution in [2.45, 2.75) is 33.6 Å². The van der Waals surface area contributed by atoms with Crippen LogP contribution >= 0.6 is 0 Å². The van der Waals surface area contributed by atoms with Crippen LogP contribution in [0.4, 0.5) is 11.4 Å². The van der Waals surface area contributed by atoms with Crippen molar-refractivity contribution < 1.29 is 4.92 Å². The van der Waals surface area contributed by atoms with Gasteiger partial charge in [-0.25, -0.2) is 0 Å². The SMILES string of the molecule is Cc1cc(NCCCC(C)C)c2cc([N+](=O)[O-])ccc2n1. The Hall–Kier alpha value is -2.17. The molecule has 0 radical (unpaired) electrons. The van der Waals surface area contributed by atoms with Gasteiger partial charge < -0.3 is 5.32 Å². The van der Waals surface area contributed by atoms with Crippen LogP contribution in [0, 0.1) is 23.0 Å². The van der Waals surface area contributed by atoms with Gasteiger partial charge in [-0.2, -0.15) is 0 Å². The normalized spacial score (nSPS) is 11.0. The van der Waals surface area contributed by atoms with E-state index in [0.717, 1.165) is 41.7 Å². The Morgan fingerprint density at radius 1 is 1.33 bits per heavy atom. The number of non-ortho nitro benzene ring substituents is 1. The van der Waals surface area contributed by atoms with Gasteiger partial charge in [-0.15, -0.1) is 0 Å². The molecule has 112 valence electrons. The highest BCUT2D eigenvalue weighted by Gasteiger charge is 2.10. The van der Waals surface area contributed by atoms with Gasteiger partial charge in [-0.3, -0.25) is 15.1 Å². The number of nitro groups is 1. The Balaban J connectivity index is 2.27. The van der Waals surface area contributed by atoms with E-state index in [1.807, 2.05) is 13.0 Å². The number of anilines is 1. The van der Waals surface area contributed by atoms with Gasteiger partial charge in [0.2, 0.25) is 0 Å². The van der Waals surface area contributed by atoms with E-state index in [1.165, 1.54) is 6.07 Å². The van der Waals surface area contributed by atoms with Crippen molar-refractivity contribution in [1.29, 1.82) is 0 Å². The number of pyridine rings is 1. The van der Waals surface area contributed by atoms with Crippen LogP contribution in [0.15, 0.2) is 24.3 Å². The molecule has 0 saturated heterocycles. The monoisotopic (exact) mass is 287 g/mol. The van der Waals surface area contributed by atoms with Crippen molar-refractivity contribution in [3.63, 3.8) is 0 Å². The fourth-order valence-electron chi connectivity index (χ4n) is 2.34. The number of hydrogen-bond donors (Lipinski definition) is 1. The fourth-order valence-corrected chi connectivity index (χ4v) is 2.34. The predicted molar refractivity (Wildman–Crippen MR) is 85.7 cm³/mol. The molecule has 5 heteroatoms. The molecule has 0 aliphatic rings. The molecule has 1 aromatic heterocycles. The summed E-state index contributed by atoms with van der Waals surface area (Å²) < 4.78 is 0. The Kier molecular flexibility index (Phi) is 4.73. The van der Waals surface area contributed by atoms with Gasteiger partial charge in [0.25, 0.3) is 5.69 Å². The molecule has 0 aliphatic heterocycles. The molecule has 5 nitrogen and oxygen atoms in total. The lowest BCUT2D eigenvalue weighted by atomic mass is 10.1. The molecule has 0 fully saturated rings. The molecule has 0 spiro atoms. The summed E-state index contributed by atoms with van der Waals surface area (Å²) in [6.07, 6.45) is 2.24. The highest BCUT2D eigenvalue weighted by molar-refractivity contribution is 5.93. The fraction of sp³-hybridized carbons (Fsp3) is 0.438. The molecule has 0 unspecified atom stereocenters. The summed E-state index contributed by atoms with van der Waals surface area (Å²) in [5, 5.41) is 15.1. The third-order valence-corrected chi connectivity index (χ3v) is 3.40. The summed E-state index contributed by atoms with van der Waals surface area (Å²) in [5.74, 6) is 0.684. The van der Waals surface area contributed by atoms with Crippen molar-refractivity contribution in [1.82, 2.24) is 4.98 Å². The largest absolute Gasteiger partial charge is 0.384 e. The lowest BCUT2D eigenvalue weighted by molar-refractivity contribution is -0.384. The van der Waals surface area contributed by atoms with E-state index in [2.05, 4.69) is 24.1 Å². The maximum absolute atomic E-state index is 10.9. The van der Waals surface area contributed by atoms with Gasteiger partial charge in [-0.05, 0) is 37.8 Å². The second-order valence-electron chi connectivity index (χ2n) is 5.73. The number of fused-ring (bicyclic) bond motifs is 1. The van der Waals surface area contributed by atoms with Crippen molar-refractivity contribution in [2.75, 3.05) is 11.9 Å². The number of aryl methyl sites for hydroxylation is 1. The number of nitro benzene ring substituents is 1.